The molecule has 0 unspecified atom stereocenters. The summed E-state index contributed by atoms with van der Waals surface area (Å²) in [4.78, 5) is 16.2. The minimum absolute atomic E-state index is 0.0740. The Morgan fingerprint density at radius 1 is 0.867 bits per heavy atom. The first-order valence-corrected chi connectivity index (χ1v) is 9.73. The molecule has 1 aliphatic rings. The van der Waals surface area contributed by atoms with Crippen molar-refractivity contribution in [3.05, 3.63) is 89.5 Å². The van der Waals surface area contributed by atoms with Gasteiger partial charge in [-0.15, -0.1) is 0 Å². The lowest BCUT2D eigenvalue weighted by molar-refractivity contribution is -0.138. The van der Waals surface area contributed by atoms with Crippen LogP contribution in [0.1, 0.15) is 16.7 Å². The molecule has 3 aromatic carbocycles. The third-order valence-electron chi connectivity index (χ3n) is 5.46. The molecule has 3 aromatic rings. The number of nitrogens with zero attached hydrogens (tertiary/aromatic N) is 2. The van der Waals surface area contributed by atoms with Crippen molar-refractivity contribution in [1.29, 1.82) is 0 Å². The van der Waals surface area contributed by atoms with Crippen LogP contribution < -0.4 is 4.90 Å². The van der Waals surface area contributed by atoms with Gasteiger partial charge in [-0.2, -0.15) is 13.2 Å². The number of urea groups is 1. The van der Waals surface area contributed by atoms with E-state index in [-0.39, 0.29) is 11.6 Å². The van der Waals surface area contributed by atoms with Gasteiger partial charge < -0.3 is 4.90 Å². The number of anilines is 1. The SMILES string of the molecule is Cc1c(N2CCN(Cc3ccccc3-c3ccccc3)C2=O)cccc1C(F)(F)F. The van der Waals surface area contributed by atoms with E-state index in [9.17, 15) is 18.0 Å². The van der Waals surface area contributed by atoms with E-state index in [1.807, 2.05) is 54.6 Å². The smallest absolute Gasteiger partial charge is 0.318 e. The monoisotopic (exact) mass is 410 g/mol. The average Bonchev–Trinajstić information content (AvgIpc) is 3.08. The second-order valence-corrected chi connectivity index (χ2v) is 7.33. The van der Waals surface area contributed by atoms with E-state index in [4.69, 9.17) is 0 Å². The number of carbonyl (C=O) groups excluding carboxylic acids is 1. The van der Waals surface area contributed by atoms with Crippen molar-refractivity contribution in [3.8, 4) is 11.1 Å². The fraction of sp³-hybridized carbons (Fsp3) is 0.208. The van der Waals surface area contributed by atoms with E-state index in [0.29, 0.717) is 25.3 Å². The number of hydrogen-bond donors (Lipinski definition) is 0. The quantitative estimate of drug-likeness (QED) is 0.508. The lowest BCUT2D eigenvalue weighted by Crippen LogP contribution is -2.32. The van der Waals surface area contributed by atoms with E-state index in [1.165, 1.54) is 17.9 Å². The fourth-order valence-electron chi connectivity index (χ4n) is 3.94. The van der Waals surface area contributed by atoms with E-state index < -0.39 is 11.7 Å². The van der Waals surface area contributed by atoms with Crippen LogP contribution in [0.3, 0.4) is 0 Å². The Bertz CT molecular complexity index is 1060. The van der Waals surface area contributed by atoms with Crippen LogP contribution in [0.25, 0.3) is 11.1 Å². The van der Waals surface area contributed by atoms with Crippen molar-refractivity contribution < 1.29 is 18.0 Å². The average molecular weight is 410 g/mol. The summed E-state index contributed by atoms with van der Waals surface area (Å²) in [6.45, 7) is 2.63. The summed E-state index contributed by atoms with van der Waals surface area (Å²) in [5, 5.41) is 0. The molecule has 0 bridgehead atoms. The lowest BCUT2D eigenvalue weighted by atomic mass is 9.99. The lowest BCUT2D eigenvalue weighted by Gasteiger charge is -2.23. The zero-order valence-electron chi connectivity index (χ0n) is 16.5. The minimum atomic E-state index is -4.45. The topological polar surface area (TPSA) is 23.6 Å². The molecule has 2 amide bonds. The first-order valence-electron chi connectivity index (χ1n) is 9.73. The largest absolute Gasteiger partial charge is 0.416 e. The highest BCUT2D eigenvalue weighted by atomic mass is 19.4. The molecule has 0 spiro atoms. The Labute approximate surface area is 173 Å². The maximum atomic E-state index is 13.3. The molecule has 1 saturated heterocycles. The van der Waals surface area contributed by atoms with Crippen LogP contribution in [0.4, 0.5) is 23.7 Å². The normalized spacial score (nSPS) is 14.5. The molecule has 1 fully saturated rings. The third-order valence-corrected chi connectivity index (χ3v) is 5.46. The molecule has 154 valence electrons. The second kappa shape index (κ2) is 7.86. The van der Waals surface area contributed by atoms with Gasteiger partial charge in [-0.25, -0.2) is 4.79 Å². The van der Waals surface area contributed by atoms with Gasteiger partial charge in [0.05, 0.1) is 5.56 Å². The molecular weight excluding hydrogens is 389 g/mol. The molecule has 30 heavy (non-hydrogen) atoms. The Kier molecular flexibility index (Phi) is 5.24. The van der Waals surface area contributed by atoms with Crippen LogP contribution in [0.5, 0.6) is 0 Å². The highest BCUT2D eigenvalue weighted by molar-refractivity contribution is 5.95. The number of alkyl halides is 3. The summed E-state index contributed by atoms with van der Waals surface area (Å²) in [5.74, 6) is 0. The van der Waals surface area contributed by atoms with Crippen LogP contribution in [-0.2, 0) is 12.7 Å². The van der Waals surface area contributed by atoms with Crippen LogP contribution in [0.2, 0.25) is 0 Å². The Morgan fingerprint density at radius 2 is 1.57 bits per heavy atom. The van der Waals surface area contributed by atoms with Gasteiger partial charge in [0.1, 0.15) is 0 Å². The van der Waals surface area contributed by atoms with Gasteiger partial charge in [0.25, 0.3) is 0 Å². The van der Waals surface area contributed by atoms with Crippen LogP contribution in [-0.4, -0.2) is 24.0 Å². The van der Waals surface area contributed by atoms with Gasteiger partial charge in [0, 0.05) is 25.3 Å². The van der Waals surface area contributed by atoms with Crippen LogP contribution in [0, 0.1) is 6.92 Å². The fourth-order valence-corrected chi connectivity index (χ4v) is 3.94. The number of hydrogen-bond acceptors (Lipinski definition) is 1. The Balaban J connectivity index is 1.59. The summed E-state index contributed by atoms with van der Waals surface area (Å²) in [7, 11) is 0. The minimum Gasteiger partial charge on any atom is -0.318 e. The molecule has 0 radical (unpaired) electrons. The van der Waals surface area contributed by atoms with Crippen LogP contribution >= 0.6 is 0 Å². The molecule has 3 nitrogen and oxygen atoms in total. The summed E-state index contributed by atoms with van der Waals surface area (Å²) >= 11 is 0. The highest BCUT2D eigenvalue weighted by Gasteiger charge is 2.36. The van der Waals surface area contributed by atoms with Crippen molar-refractivity contribution in [3.63, 3.8) is 0 Å². The molecule has 0 aliphatic carbocycles. The molecule has 6 heteroatoms. The predicted octanol–water partition coefficient (Wildman–Crippen LogP) is 6.12. The maximum absolute atomic E-state index is 13.3. The summed E-state index contributed by atoms with van der Waals surface area (Å²) in [5.41, 5.74) is 2.78. The van der Waals surface area contributed by atoms with Crippen molar-refractivity contribution >= 4 is 11.7 Å². The molecule has 1 heterocycles. The maximum Gasteiger partial charge on any atom is 0.416 e. The highest BCUT2D eigenvalue weighted by Crippen LogP contribution is 2.37. The van der Waals surface area contributed by atoms with E-state index >= 15 is 0 Å². The number of halogens is 3. The third kappa shape index (κ3) is 3.77. The number of amides is 2. The predicted molar refractivity (Wildman–Crippen MR) is 111 cm³/mol. The summed E-state index contributed by atoms with van der Waals surface area (Å²) < 4.78 is 39.8. The van der Waals surface area contributed by atoms with Gasteiger partial charge in [-0.05, 0) is 41.3 Å². The molecular formula is C24H21F3N2O. The summed E-state index contributed by atoms with van der Waals surface area (Å²) in [6, 6.07) is 21.5. The van der Waals surface area contributed by atoms with E-state index in [2.05, 4.69) is 0 Å². The van der Waals surface area contributed by atoms with Gasteiger partial charge in [0.2, 0.25) is 0 Å². The molecule has 0 aromatic heterocycles. The molecule has 4 rings (SSSR count). The second-order valence-electron chi connectivity index (χ2n) is 7.33. The van der Waals surface area contributed by atoms with Gasteiger partial charge in [-0.1, -0.05) is 60.7 Å². The van der Waals surface area contributed by atoms with Gasteiger partial charge >= 0.3 is 12.2 Å². The molecule has 1 aliphatic heterocycles. The molecule has 0 N–H and O–H groups in total. The van der Waals surface area contributed by atoms with Crippen molar-refractivity contribution in [2.75, 3.05) is 18.0 Å². The van der Waals surface area contributed by atoms with E-state index in [0.717, 1.165) is 22.8 Å². The number of rotatable bonds is 4. The first-order chi connectivity index (χ1) is 14.4. The molecule has 0 atom stereocenters. The van der Waals surface area contributed by atoms with Gasteiger partial charge in [-0.3, -0.25) is 4.90 Å². The number of benzene rings is 3. The molecule has 0 saturated carbocycles. The van der Waals surface area contributed by atoms with Crippen LogP contribution in [0.15, 0.2) is 72.8 Å². The first kappa shape index (κ1) is 20.0. The summed E-state index contributed by atoms with van der Waals surface area (Å²) in [6.07, 6.45) is -4.45. The standard InChI is InChI=1S/C24H21F3N2O/c1-17-21(24(25,26)27)12-7-13-22(17)29-15-14-28(23(29)30)16-19-10-5-6-11-20(19)18-8-3-2-4-9-18/h2-13H,14-16H2,1H3. The van der Waals surface area contributed by atoms with Gasteiger partial charge in [0.15, 0.2) is 0 Å². The Hall–Kier alpha value is -3.28. The Morgan fingerprint density at radius 3 is 2.30 bits per heavy atom. The zero-order chi connectivity index (χ0) is 21.3. The van der Waals surface area contributed by atoms with E-state index in [1.54, 1.807) is 11.0 Å². The van der Waals surface area contributed by atoms with Crippen molar-refractivity contribution in [2.24, 2.45) is 0 Å². The van der Waals surface area contributed by atoms with Crippen molar-refractivity contribution in [2.45, 2.75) is 19.6 Å². The van der Waals surface area contributed by atoms with Crippen molar-refractivity contribution in [1.82, 2.24) is 4.90 Å². The zero-order valence-corrected chi connectivity index (χ0v) is 16.5. The number of carbonyl (C=O) groups is 1.